The molecule has 0 aromatic heterocycles. The highest BCUT2D eigenvalue weighted by Crippen LogP contribution is 2.15. The van der Waals surface area contributed by atoms with Crippen LogP contribution in [0.2, 0.25) is 0 Å². The van der Waals surface area contributed by atoms with E-state index in [1.807, 2.05) is 30.3 Å². The molecule has 0 radical (unpaired) electrons. The van der Waals surface area contributed by atoms with Crippen LogP contribution in [0.15, 0.2) is 59.7 Å². The highest BCUT2D eigenvalue weighted by atomic mass is 16.2. The summed E-state index contributed by atoms with van der Waals surface area (Å²) >= 11 is 0. The third-order valence-electron chi connectivity index (χ3n) is 4.70. The van der Waals surface area contributed by atoms with Crippen LogP contribution in [0.1, 0.15) is 40.7 Å². The molecule has 3 rings (SSSR count). The van der Waals surface area contributed by atoms with Crippen molar-refractivity contribution >= 4 is 23.4 Å². The third kappa shape index (κ3) is 5.51. The van der Waals surface area contributed by atoms with E-state index in [1.54, 1.807) is 31.3 Å². The predicted molar refractivity (Wildman–Crippen MR) is 110 cm³/mol. The average Bonchev–Trinajstić information content (AvgIpc) is 3.27. The van der Waals surface area contributed by atoms with Gasteiger partial charge in [-0.15, -0.1) is 0 Å². The van der Waals surface area contributed by atoms with Gasteiger partial charge in [0.15, 0.2) is 0 Å². The van der Waals surface area contributed by atoms with Gasteiger partial charge in [-0.2, -0.15) is 5.10 Å². The van der Waals surface area contributed by atoms with Crippen LogP contribution in [-0.2, 0) is 16.1 Å². The van der Waals surface area contributed by atoms with E-state index < -0.39 is 0 Å². The second-order valence-electron chi connectivity index (χ2n) is 6.73. The molecule has 0 saturated carbocycles. The summed E-state index contributed by atoms with van der Waals surface area (Å²) in [5.41, 5.74) is 3.36. The molecule has 7 nitrogen and oxygen atoms in total. The fraction of sp³-hybridized carbons (Fsp3) is 0.273. The lowest BCUT2D eigenvalue weighted by Gasteiger charge is -2.11. The molecule has 3 amide bonds. The van der Waals surface area contributed by atoms with Crippen LogP contribution in [-0.4, -0.2) is 42.0 Å². The van der Waals surface area contributed by atoms with Crippen molar-refractivity contribution < 1.29 is 14.4 Å². The highest BCUT2D eigenvalue weighted by molar-refractivity contribution is 6.02. The van der Waals surface area contributed by atoms with Crippen molar-refractivity contribution in [3.63, 3.8) is 0 Å². The van der Waals surface area contributed by atoms with Crippen LogP contribution in [0.4, 0.5) is 0 Å². The van der Waals surface area contributed by atoms with Gasteiger partial charge in [0, 0.05) is 38.4 Å². The fourth-order valence-corrected chi connectivity index (χ4v) is 3.03. The van der Waals surface area contributed by atoms with Gasteiger partial charge in [-0.1, -0.05) is 42.5 Å². The van der Waals surface area contributed by atoms with Gasteiger partial charge in [0.2, 0.25) is 11.8 Å². The fourth-order valence-electron chi connectivity index (χ4n) is 3.03. The maximum Gasteiger partial charge on any atom is 0.251 e. The van der Waals surface area contributed by atoms with E-state index in [0.717, 1.165) is 16.8 Å². The monoisotopic (exact) mass is 392 g/mol. The first kappa shape index (κ1) is 20.3. The molecule has 0 saturated heterocycles. The number of nitrogens with one attached hydrogen (secondary N) is 2. The number of carbonyl (C=O) groups excluding carboxylic acids is 3. The van der Waals surface area contributed by atoms with Crippen molar-refractivity contribution in [1.82, 2.24) is 15.6 Å². The summed E-state index contributed by atoms with van der Waals surface area (Å²) < 4.78 is 0. The summed E-state index contributed by atoms with van der Waals surface area (Å²) in [4.78, 5) is 35.9. The van der Waals surface area contributed by atoms with Gasteiger partial charge in [0.25, 0.3) is 5.91 Å². The minimum absolute atomic E-state index is 0.113. The summed E-state index contributed by atoms with van der Waals surface area (Å²) in [6.45, 7) is 0.892. The van der Waals surface area contributed by atoms with Crippen LogP contribution in [0.3, 0.4) is 0 Å². The summed E-state index contributed by atoms with van der Waals surface area (Å²) in [6, 6.07) is 16.8. The van der Waals surface area contributed by atoms with Crippen molar-refractivity contribution in [2.75, 3.05) is 13.6 Å². The van der Waals surface area contributed by atoms with Gasteiger partial charge in [-0.3, -0.25) is 14.4 Å². The zero-order chi connectivity index (χ0) is 20.6. The molecule has 2 N–H and O–H groups in total. The molecular formula is C22H24N4O3. The molecule has 1 aliphatic rings. The lowest BCUT2D eigenvalue weighted by molar-refractivity contribution is -0.133. The summed E-state index contributed by atoms with van der Waals surface area (Å²) in [7, 11) is 1.58. The number of nitrogens with zero attached hydrogens (tertiary/aromatic N) is 2. The molecule has 29 heavy (non-hydrogen) atoms. The largest absolute Gasteiger partial charge is 0.355 e. The molecule has 0 spiro atoms. The SMILES string of the molecule is CNC(=O)c1ccc(CNC(=O)CCC(=O)N2CCC(c3ccccc3)=N2)cc1. The zero-order valence-electron chi connectivity index (χ0n) is 16.4. The number of hydrogen-bond donors (Lipinski definition) is 2. The molecule has 7 heteroatoms. The second-order valence-corrected chi connectivity index (χ2v) is 6.73. The third-order valence-corrected chi connectivity index (χ3v) is 4.70. The first-order valence-electron chi connectivity index (χ1n) is 9.58. The van der Waals surface area contributed by atoms with E-state index in [4.69, 9.17) is 0 Å². The van der Waals surface area contributed by atoms with Gasteiger partial charge >= 0.3 is 0 Å². The molecule has 1 heterocycles. The van der Waals surface area contributed by atoms with Gasteiger partial charge in [-0.05, 0) is 23.3 Å². The van der Waals surface area contributed by atoms with Crippen LogP contribution in [0, 0.1) is 0 Å². The summed E-state index contributed by atoms with van der Waals surface area (Å²) in [5, 5.41) is 11.2. The van der Waals surface area contributed by atoms with E-state index >= 15 is 0 Å². The number of rotatable bonds is 7. The number of hydrazone groups is 1. The van der Waals surface area contributed by atoms with Crippen molar-refractivity contribution in [3.05, 3.63) is 71.3 Å². The number of carbonyl (C=O) groups is 3. The lowest BCUT2D eigenvalue weighted by Crippen LogP contribution is -2.27. The molecule has 0 fully saturated rings. The highest BCUT2D eigenvalue weighted by Gasteiger charge is 2.21. The maximum atomic E-state index is 12.3. The lowest BCUT2D eigenvalue weighted by atomic mass is 10.1. The molecule has 0 aliphatic carbocycles. The van der Waals surface area contributed by atoms with Crippen molar-refractivity contribution in [2.45, 2.75) is 25.8 Å². The Balaban J connectivity index is 1.43. The predicted octanol–water partition coefficient (Wildman–Crippen LogP) is 2.08. The topological polar surface area (TPSA) is 90.9 Å². The molecule has 0 atom stereocenters. The maximum absolute atomic E-state index is 12.3. The minimum Gasteiger partial charge on any atom is -0.355 e. The molecular weight excluding hydrogens is 368 g/mol. The molecule has 1 aliphatic heterocycles. The zero-order valence-corrected chi connectivity index (χ0v) is 16.4. The minimum atomic E-state index is -0.194. The normalized spacial score (nSPS) is 13.0. The Morgan fingerprint density at radius 1 is 1.00 bits per heavy atom. The summed E-state index contributed by atoms with van der Waals surface area (Å²) in [5.74, 6) is -0.500. The Morgan fingerprint density at radius 2 is 1.72 bits per heavy atom. The van der Waals surface area contributed by atoms with Gasteiger partial charge < -0.3 is 10.6 Å². The van der Waals surface area contributed by atoms with Crippen molar-refractivity contribution in [3.8, 4) is 0 Å². The Kier molecular flexibility index (Phi) is 6.73. The number of amides is 3. The van der Waals surface area contributed by atoms with E-state index in [0.29, 0.717) is 25.1 Å². The van der Waals surface area contributed by atoms with Gasteiger partial charge in [-0.25, -0.2) is 5.01 Å². The molecule has 2 aromatic rings. The van der Waals surface area contributed by atoms with Crippen LogP contribution >= 0.6 is 0 Å². The van der Waals surface area contributed by atoms with Crippen LogP contribution in [0.25, 0.3) is 0 Å². The molecule has 2 aromatic carbocycles. The molecule has 0 bridgehead atoms. The van der Waals surface area contributed by atoms with E-state index in [-0.39, 0.29) is 30.6 Å². The Bertz CT molecular complexity index is 907. The van der Waals surface area contributed by atoms with Crippen molar-refractivity contribution in [1.29, 1.82) is 0 Å². The van der Waals surface area contributed by atoms with Crippen LogP contribution < -0.4 is 10.6 Å². The standard InChI is InChI=1S/C22H24N4O3/c1-23-22(29)18-9-7-16(8-10-18)15-24-20(27)11-12-21(28)26-14-13-19(25-26)17-5-3-2-4-6-17/h2-10H,11-15H2,1H3,(H,23,29)(H,24,27). The van der Waals surface area contributed by atoms with Crippen LogP contribution in [0.5, 0.6) is 0 Å². The second kappa shape index (κ2) is 9.64. The van der Waals surface area contributed by atoms with Gasteiger partial charge in [0.05, 0.1) is 12.3 Å². The van der Waals surface area contributed by atoms with E-state index in [1.165, 1.54) is 5.01 Å². The molecule has 150 valence electrons. The smallest absolute Gasteiger partial charge is 0.251 e. The Labute approximate surface area is 169 Å². The average molecular weight is 392 g/mol. The quantitative estimate of drug-likeness (QED) is 0.756. The molecule has 0 unspecified atom stereocenters. The van der Waals surface area contributed by atoms with E-state index in [9.17, 15) is 14.4 Å². The first-order chi connectivity index (χ1) is 14.1. The number of hydrogen-bond acceptors (Lipinski definition) is 4. The summed E-state index contributed by atoms with van der Waals surface area (Å²) in [6.07, 6.45) is 0.947. The Morgan fingerprint density at radius 3 is 2.41 bits per heavy atom. The van der Waals surface area contributed by atoms with E-state index in [2.05, 4.69) is 15.7 Å². The number of benzene rings is 2. The Hall–Kier alpha value is -3.48. The van der Waals surface area contributed by atoms with Crippen molar-refractivity contribution in [2.24, 2.45) is 5.10 Å². The first-order valence-corrected chi connectivity index (χ1v) is 9.58. The van der Waals surface area contributed by atoms with Gasteiger partial charge in [0.1, 0.15) is 0 Å².